The number of fused-ring (bicyclic) bond motifs is 1. The van der Waals surface area contributed by atoms with Gasteiger partial charge in [-0.15, -0.1) is 11.8 Å². The molecule has 0 radical (unpaired) electrons. The molecule has 1 saturated heterocycles. The molecule has 1 N–H and O–H groups in total. The molecule has 7 nitrogen and oxygen atoms in total. The second kappa shape index (κ2) is 11.5. The molecule has 4 aliphatic rings. The van der Waals surface area contributed by atoms with Crippen LogP contribution in [0.2, 0.25) is 0 Å². The lowest BCUT2D eigenvalue weighted by molar-refractivity contribution is -0.208. The molecule has 38 heavy (non-hydrogen) atoms. The highest BCUT2D eigenvalue weighted by Crippen LogP contribution is 2.57. The summed E-state index contributed by atoms with van der Waals surface area (Å²) in [6.45, 7) is 0.901. The number of piperidine rings is 1. The number of alkyl halides is 2. The number of hydrogen-bond donors (Lipinski definition) is 1. The first-order valence-electron chi connectivity index (χ1n) is 13.7. The van der Waals surface area contributed by atoms with Crippen LogP contribution in [0.5, 0.6) is 0 Å². The number of esters is 1. The number of carbonyl (C=O) groups is 2. The van der Waals surface area contributed by atoms with Crippen LogP contribution < -0.4 is 10.2 Å². The summed E-state index contributed by atoms with van der Waals surface area (Å²) in [4.78, 5) is 32.4. The Morgan fingerprint density at radius 2 is 2.16 bits per heavy atom. The van der Waals surface area contributed by atoms with E-state index in [1.54, 1.807) is 11.8 Å². The van der Waals surface area contributed by atoms with Gasteiger partial charge in [0.2, 0.25) is 0 Å². The van der Waals surface area contributed by atoms with Crippen LogP contribution in [0.3, 0.4) is 0 Å². The van der Waals surface area contributed by atoms with Crippen LogP contribution in [0.4, 0.5) is 14.6 Å². The number of aromatic nitrogens is 1. The topological polar surface area (TPSA) is 80.8 Å². The van der Waals surface area contributed by atoms with Crippen molar-refractivity contribution < 1.29 is 27.8 Å². The standard InChI is InChI=1S/C28H37F2N3O4S/c1-3-11-38-26-19(6-7-23(32-26)33-10-4-5-17(16-33)12-24(34)36-2)25(35)31-22-13-18-8-9-28(37-27(29)30)14-20(18)21(22)15-28/h6-8,17,20-22,27H,3-5,9-16H2,1-2H3,(H,31,35)/t17-,20?,21?,22-,28-/m0/s1. The van der Waals surface area contributed by atoms with Crippen LogP contribution >= 0.6 is 11.8 Å². The SMILES string of the molecule is CCCSc1nc(N2CCC[C@@H](CC(=O)OC)C2)ccc1C(=O)N[C@H]1CC2=CC[C@]3(OC(F)F)CC2C1C3. The maximum absolute atomic E-state index is 13.5. The van der Waals surface area contributed by atoms with Gasteiger partial charge < -0.3 is 19.7 Å². The molecule has 208 valence electrons. The van der Waals surface area contributed by atoms with Crippen LogP contribution in [-0.2, 0) is 14.3 Å². The summed E-state index contributed by atoms with van der Waals surface area (Å²) in [5, 5.41) is 3.94. The van der Waals surface area contributed by atoms with Crippen LogP contribution in [-0.4, -0.2) is 61.1 Å². The van der Waals surface area contributed by atoms with Crippen molar-refractivity contribution in [2.45, 2.75) is 81.6 Å². The molecule has 10 heteroatoms. The summed E-state index contributed by atoms with van der Waals surface area (Å²) >= 11 is 1.58. The number of amides is 1. The van der Waals surface area contributed by atoms with Gasteiger partial charge in [-0.1, -0.05) is 18.6 Å². The number of pyridine rings is 1. The fraction of sp³-hybridized carbons (Fsp3) is 0.679. The normalized spacial score (nSPS) is 29.9. The fourth-order valence-electron chi connectivity index (χ4n) is 6.90. The van der Waals surface area contributed by atoms with E-state index in [1.165, 1.54) is 12.7 Å². The van der Waals surface area contributed by atoms with Gasteiger partial charge in [-0.2, -0.15) is 8.78 Å². The van der Waals surface area contributed by atoms with Gasteiger partial charge in [0.25, 0.3) is 5.91 Å². The molecule has 0 spiro atoms. The zero-order valence-electron chi connectivity index (χ0n) is 22.1. The Balaban J connectivity index is 1.30. The van der Waals surface area contributed by atoms with Crippen molar-refractivity contribution in [3.63, 3.8) is 0 Å². The Hall–Kier alpha value is -2.20. The molecule has 1 amide bonds. The van der Waals surface area contributed by atoms with Crippen molar-refractivity contribution in [3.05, 3.63) is 29.3 Å². The van der Waals surface area contributed by atoms with E-state index in [2.05, 4.69) is 23.2 Å². The van der Waals surface area contributed by atoms with E-state index in [0.29, 0.717) is 36.3 Å². The molecule has 2 saturated carbocycles. The Morgan fingerprint density at radius 1 is 1.32 bits per heavy atom. The molecule has 2 heterocycles. The van der Waals surface area contributed by atoms with E-state index in [4.69, 9.17) is 14.5 Å². The van der Waals surface area contributed by atoms with Gasteiger partial charge in [-0.05, 0) is 80.6 Å². The van der Waals surface area contributed by atoms with Gasteiger partial charge >= 0.3 is 12.6 Å². The molecule has 3 aliphatic carbocycles. The van der Waals surface area contributed by atoms with Gasteiger partial charge in [0, 0.05) is 25.6 Å². The average Bonchev–Trinajstić information content (AvgIpc) is 3.37. The number of carbonyl (C=O) groups excluding carboxylic acids is 2. The molecule has 1 aromatic heterocycles. The van der Waals surface area contributed by atoms with E-state index in [1.807, 2.05) is 12.1 Å². The van der Waals surface area contributed by atoms with Crippen LogP contribution in [0.1, 0.15) is 68.6 Å². The van der Waals surface area contributed by atoms with Gasteiger partial charge in [-0.3, -0.25) is 9.59 Å². The highest BCUT2D eigenvalue weighted by molar-refractivity contribution is 7.99. The number of hydrogen-bond acceptors (Lipinski definition) is 7. The summed E-state index contributed by atoms with van der Waals surface area (Å²) in [7, 11) is 1.42. The van der Waals surface area contributed by atoms with Crippen molar-refractivity contribution in [2.24, 2.45) is 17.8 Å². The van der Waals surface area contributed by atoms with Crippen molar-refractivity contribution in [1.82, 2.24) is 10.3 Å². The van der Waals surface area contributed by atoms with E-state index in [0.717, 1.165) is 50.3 Å². The predicted molar refractivity (Wildman–Crippen MR) is 141 cm³/mol. The van der Waals surface area contributed by atoms with Crippen molar-refractivity contribution in [2.75, 3.05) is 30.9 Å². The number of anilines is 1. The zero-order chi connectivity index (χ0) is 26.9. The summed E-state index contributed by atoms with van der Waals surface area (Å²) in [5.74, 6) is 1.85. The molecular weight excluding hydrogens is 512 g/mol. The first-order valence-corrected chi connectivity index (χ1v) is 14.7. The smallest absolute Gasteiger partial charge is 0.345 e. The molecule has 2 bridgehead atoms. The Bertz CT molecular complexity index is 1090. The molecule has 3 fully saturated rings. The molecule has 0 aromatic carbocycles. The third-order valence-electron chi connectivity index (χ3n) is 8.62. The number of thioether (sulfide) groups is 1. The molecule has 1 aliphatic heterocycles. The first-order chi connectivity index (χ1) is 18.3. The minimum absolute atomic E-state index is 0.0907. The predicted octanol–water partition coefficient (Wildman–Crippen LogP) is 5.20. The number of ether oxygens (including phenoxy) is 2. The van der Waals surface area contributed by atoms with Crippen molar-refractivity contribution in [3.8, 4) is 0 Å². The highest BCUT2D eigenvalue weighted by Gasteiger charge is 2.56. The zero-order valence-corrected chi connectivity index (χ0v) is 22.9. The second-order valence-corrected chi connectivity index (χ2v) is 12.2. The van der Waals surface area contributed by atoms with Gasteiger partial charge in [-0.25, -0.2) is 4.98 Å². The van der Waals surface area contributed by atoms with E-state index in [-0.39, 0.29) is 35.7 Å². The average molecular weight is 550 g/mol. The molecule has 5 rings (SSSR count). The summed E-state index contributed by atoms with van der Waals surface area (Å²) in [5.41, 5.74) is 1.02. The fourth-order valence-corrected chi connectivity index (χ4v) is 7.77. The number of methoxy groups -OCH3 is 1. The lowest BCUT2D eigenvalue weighted by Gasteiger charge is -2.33. The Kier molecular flexibility index (Phi) is 8.28. The van der Waals surface area contributed by atoms with Crippen LogP contribution in [0.25, 0.3) is 0 Å². The number of nitrogens with one attached hydrogen (secondary N) is 1. The molecule has 5 atom stereocenters. The van der Waals surface area contributed by atoms with Gasteiger partial charge in [0.1, 0.15) is 10.8 Å². The van der Waals surface area contributed by atoms with Crippen LogP contribution in [0, 0.1) is 17.8 Å². The van der Waals surface area contributed by atoms with Crippen LogP contribution in [0.15, 0.2) is 28.8 Å². The summed E-state index contributed by atoms with van der Waals surface area (Å²) in [6.07, 6.45) is 7.82. The van der Waals surface area contributed by atoms with E-state index >= 15 is 0 Å². The largest absolute Gasteiger partial charge is 0.469 e. The van der Waals surface area contributed by atoms with E-state index < -0.39 is 12.2 Å². The number of halogens is 2. The minimum Gasteiger partial charge on any atom is -0.469 e. The maximum Gasteiger partial charge on any atom is 0.345 e. The lowest BCUT2D eigenvalue weighted by atomic mass is 9.86. The maximum atomic E-state index is 13.5. The number of rotatable bonds is 10. The molecule has 2 unspecified atom stereocenters. The first kappa shape index (κ1) is 27.4. The lowest BCUT2D eigenvalue weighted by Crippen LogP contribution is -2.40. The quantitative estimate of drug-likeness (QED) is 0.244. The third kappa shape index (κ3) is 5.71. The molecule has 1 aromatic rings. The van der Waals surface area contributed by atoms with Crippen molar-refractivity contribution >= 4 is 29.5 Å². The van der Waals surface area contributed by atoms with Crippen molar-refractivity contribution in [1.29, 1.82) is 0 Å². The second-order valence-electron chi connectivity index (χ2n) is 11.1. The minimum atomic E-state index is -2.78. The Labute approximate surface area is 227 Å². The Morgan fingerprint density at radius 3 is 2.92 bits per heavy atom. The third-order valence-corrected chi connectivity index (χ3v) is 9.81. The highest BCUT2D eigenvalue weighted by atomic mass is 32.2. The monoisotopic (exact) mass is 549 g/mol. The number of nitrogens with zero attached hydrogens (tertiary/aromatic N) is 2. The molecular formula is C28H37F2N3O4S. The van der Waals surface area contributed by atoms with Gasteiger partial charge in [0.15, 0.2) is 0 Å². The summed E-state index contributed by atoms with van der Waals surface area (Å²) in [6, 6.07) is 3.66. The summed E-state index contributed by atoms with van der Waals surface area (Å²) < 4.78 is 36.2. The van der Waals surface area contributed by atoms with Gasteiger partial charge in [0.05, 0.1) is 18.3 Å². The van der Waals surface area contributed by atoms with E-state index in [9.17, 15) is 18.4 Å².